The van der Waals surface area contributed by atoms with Crippen LogP contribution in [-0.4, -0.2) is 26.9 Å². The lowest BCUT2D eigenvalue weighted by molar-refractivity contribution is 0.194. The van der Waals surface area contributed by atoms with Crippen LogP contribution < -0.4 is 0 Å². The van der Waals surface area contributed by atoms with Crippen molar-refractivity contribution >= 4 is 16.1 Å². The molecule has 0 radical (unpaired) electrons. The van der Waals surface area contributed by atoms with Gasteiger partial charge in [0.1, 0.15) is 16.1 Å². The van der Waals surface area contributed by atoms with Crippen LogP contribution in [0.1, 0.15) is 67.2 Å². The predicted molar refractivity (Wildman–Crippen MR) is 121 cm³/mol. The van der Waals surface area contributed by atoms with Crippen LogP contribution in [0.2, 0.25) is 36.3 Å². The van der Waals surface area contributed by atoms with E-state index in [1.165, 1.54) is 6.42 Å². The summed E-state index contributed by atoms with van der Waals surface area (Å²) < 4.78 is 0. The molecular weight excluding hydrogens is 348 g/mol. The van der Waals surface area contributed by atoms with E-state index in [0.29, 0.717) is 0 Å². The van der Waals surface area contributed by atoms with Crippen LogP contribution >= 0.6 is 0 Å². The summed E-state index contributed by atoms with van der Waals surface area (Å²) in [5.74, 6) is 6.57. The average Bonchev–Trinajstić information content (AvgIpc) is 2.50. The van der Waals surface area contributed by atoms with Gasteiger partial charge in [-0.05, 0) is 41.3 Å². The molecule has 0 aromatic heterocycles. The summed E-state index contributed by atoms with van der Waals surface area (Å²) in [4.78, 5) is 0. The van der Waals surface area contributed by atoms with Crippen molar-refractivity contribution in [3.05, 3.63) is 11.6 Å². The van der Waals surface area contributed by atoms with Gasteiger partial charge in [0, 0.05) is 0 Å². The van der Waals surface area contributed by atoms with Gasteiger partial charge in [-0.1, -0.05) is 85.6 Å². The first-order valence-electron chi connectivity index (χ1n) is 10.0. The van der Waals surface area contributed by atoms with Gasteiger partial charge in [-0.25, -0.2) is 0 Å². The monoisotopic (exact) mass is 388 g/mol. The number of hydrogen-bond acceptors (Lipinski definition) is 1. The maximum atomic E-state index is 11.5. The number of hydrogen-bond donors (Lipinski definition) is 1. The zero-order valence-corrected chi connectivity index (χ0v) is 20.9. The fourth-order valence-electron chi connectivity index (χ4n) is 2.23. The number of aliphatic hydroxyl groups is 1. The second-order valence-electron chi connectivity index (χ2n) is 10.9. The van der Waals surface area contributed by atoms with Crippen LogP contribution in [0.15, 0.2) is 11.6 Å². The summed E-state index contributed by atoms with van der Waals surface area (Å²) in [5.41, 5.74) is 6.80. The Morgan fingerprint density at radius 3 is 1.54 bits per heavy atom. The van der Waals surface area contributed by atoms with Crippen LogP contribution in [0.4, 0.5) is 0 Å². The Labute approximate surface area is 165 Å². The Hall–Kier alpha value is -0.746. The van der Waals surface area contributed by atoms with Crippen molar-refractivity contribution in [2.24, 2.45) is 0 Å². The summed E-state index contributed by atoms with van der Waals surface area (Å²) in [5, 5.41) is 11.9. The maximum Gasteiger partial charge on any atom is 0.208 e. The maximum absolute atomic E-state index is 11.5. The van der Waals surface area contributed by atoms with E-state index in [2.05, 4.69) is 96.7 Å². The van der Waals surface area contributed by atoms with E-state index in [9.17, 15) is 5.11 Å². The molecular formula is C23H40OSi2. The number of allylic oxidation sites excluding steroid dienone is 1. The van der Waals surface area contributed by atoms with Crippen molar-refractivity contribution in [1.82, 2.24) is 0 Å². The van der Waals surface area contributed by atoms with Crippen molar-refractivity contribution < 1.29 is 5.11 Å². The molecule has 0 bridgehead atoms. The van der Waals surface area contributed by atoms with Gasteiger partial charge in [-0.15, -0.1) is 11.1 Å². The second kappa shape index (κ2) is 7.71. The lowest BCUT2D eigenvalue weighted by Gasteiger charge is -2.33. The molecule has 3 heteroatoms. The molecule has 1 N–H and O–H groups in total. The van der Waals surface area contributed by atoms with Gasteiger partial charge in [0.25, 0.3) is 0 Å². The topological polar surface area (TPSA) is 20.2 Å². The van der Waals surface area contributed by atoms with Gasteiger partial charge >= 0.3 is 0 Å². The minimum atomic E-state index is -1.79. The molecule has 0 saturated carbocycles. The lowest BCUT2D eigenvalue weighted by Crippen LogP contribution is -2.39. The Bertz CT molecular complexity index is 617. The SMILES string of the molecule is CC(C)(C)[Si](C)(C)C#CC(O)(C#C[Si](C)(C)C(C)(C)C)C1=CCCCC1. The number of rotatable bonds is 1. The highest BCUT2D eigenvalue weighted by Gasteiger charge is 2.37. The van der Waals surface area contributed by atoms with Crippen molar-refractivity contribution in [2.75, 3.05) is 0 Å². The van der Waals surface area contributed by atoms with E-state index in [1.54, 1.807) is 0 Å². The molecule has 1 nitrogen and oxygen atoms in total. The van der Waals surface area contributed by atoms with Crippen LogP contribution in [0.3, 0.4) is 0 Å². The molecule has 1 aliphatic rings. The van der Waals surface area contributed by atoms with Gasteiger partial charge in [0.15, 0.2) is 0 Å². The van der Waals surface area contributed by atoms with Gasteiger partial charge in [0.2, 0.25) is 5.60 Å². The smallest absolute Gasteiger partial charge is 0.208 e. The largest absolute Gasteiger partial charge is 0.364 e. The van der Waals surface area contributed by atoms with Crippen molar-refractivity contribution in [3.63, 3.8) is 0 Å². The van der Waals surface area contributed by atoms with Crippen LogP contribution in [0, 0.1) is 22.9 Å². The third-order valence-corrected chi connectivity index (χ3v) is 15.6. The van der Waals surface area contributed by atoms with Gasteiger partial charge < -0.3 is 5.11 Å². The Morgan fingerprint density at radius 2 is 1.23 bits per heavy atom. The van der Waals surface area contributed by atoms with E-state index in [4.69, 9.17) is 0 Å². The molecule has 0 saturated heterocycles. The Morgan fingerprint density at radius 1 is 0.808 bits per heavy atom. The predicted octanol–water partition coefficient (Wildman–Crippen LogP) is 6.32. The first-order valence-corrected chi connectivity index (χ1v) is 16.0. The highest BCUT2D eigenvalue weighted by molar-refractivity contribution is 6.88. The normalized spacial score (nSPS) is 16.8. The fraction of sp³-hybridized carbons (Fsp3) is 0.739. The highest BCUT2D eigenvalue weighted by atomic mass is 28.3. The van der Waals surface area contributed by atoms with Crippen molar-refractivity contribution in [1.29, 1.82) is 0 Å². The summed E-state index contributed by atoms with van der Waals surface area (Å²) in [6.07, 6.45) is 6.45. The molecule has 0 spiro atoms. The third kappa shape index (κ3) is 5.62. The standard InChI is InChI=1S/C23H40OSi2/c1-21(2,3)25(7,8)18-16-23(24,20-14-12-11-13-15-20)17-19-26(9,10)22(4,5)6/h14,24H,11-13,15H2,1-10H3. The zero-order chi connectivity index (χ0) is 20.4. The first-order chi connectivity index (χ1) is 11.5. The molecule has 0 aliphatic heterocycles. The molecule has 1 aliphatic carbocycles. The Balaban J connectivity index is 3.43. The van der Waals surface area contributed by atoms with Crippen molar-refractivity contribution in [2.45, 2.75) is 109 Å². The molecule has 0 aromatic carbocycles. The van der Waals surface area contributed by atoms with Crippen LogP contribution in [-0.2, 0) is 0 Å². The molecule has 0 atom stereocenters. The first kappa shape index (κ1) is 23.3. The second-order valence-corrected chi connectivity index (χ2v) is 20.9. The summed E-state index contributed by atoms with van der Waals surface area (Å²) in [6.45, 7) is 22.7. The fourth-order valence-corrected chi connectivity index (χ4v) is 3.96. The molecule has 1 rings (SSSR count). The molecule has 26 heavy (non-hydrogen) atoms. The van der Waals surface area contributed by atoms with Gasteiger partial charge in [-0.2, -0.15) is 0 Å². The third-order valence-electron chi connectivity index (χ3n) is 6.62. The van der Waals surface area contributed by atoms with Crippen LogP contribution in [0.5, 0.6) is 0 Å². The minimum Gasteiger partial charge on any atom is -0.364 e. The summed E-state index contributed by atoms with van der Waals surface area (Å²) in [7, 11) is -3.59. The highest BCUT2D eigenvalue weighted by Crippen LogP contribution is 2.37. The van der Waals surface area contributed by atoms with E-state index >= 15 is 0 Å². The molecule has 0 unspecified atom stereocenters. The molecule has 146 valence electrons. The van der Waals surface area contributed by atoms with E-state index in [-0.39, 0.29) is 10.1 Å². The summed E-state index contributed by atoms with van der Waals surface area (Å²) >= 11 is 0. The van der Waals surface area contributed by atoms with E-state index in [1.807, 2.05) is 0 Å². The zero-order valence-electron chi connectivity index (χ0n) is 18.9. The van der Waals surface area contributed by atoms with Crippen LogP contribution in [0.25, 0.3) is 0 Å². The lowest BCUT2D eigenvalue weighted by atomic mass is 9.86. The van der Waals surface area contributed by atoms with Gasteiger partial charge in [-0.3, -0.25) is 0 Å². The van der Waals surface area contributed by atoms with E-state index in [0.717, 1.165) is 24.8 Å². The summed E-state index contributed by atoms with van der Waals surface area (Å²) in [6, 6.07) is 0. The van der Waals surface area contributed by atoms with E-state index < -0.39 is 21.7 Å². The molecule has 0 fully saturated rings. The van der Waals surface area contributed by atoms with Crippen molar-refractivity contribution in [3.8, 4) is 22.9 Å². The minimum absolute atomic E-state index is 0.175. The Kier molecular flexibility index (Phi) is 6.90. The van der Waals surface area contributed by atoms with Gasteiger partial charge in [0.05, 0.1) is 0 Å². The molecule has 0 heterocycles. The quantitative estimate of drug-likeness (QED) is 0.316. The molecule has 0 amide bonds. The molecule has 0 aromatic rings. The average molecular weight is 389 g/mol.